The molecule has 3 heterocycles. The van der Waals surface area contributed by atoms with E-state index < -0.39 is 0 Å². The molecule has 0 aliphatic rings. The van der Waals surface area contributed by atoms with Crippen molar-refractivity contribution in [2.75, 3.05) is 7.05 Å². The monoisotopic (exact) mass is 311 g/mol. The lowest BCUT2D eigenvalue weighted by Gasteiger charge is -2.17. The normalized spacial score (nSPS) is 10.9. The summed E-state index contributed by atoms with van der Waals surface area (Å²) in [6.45, 7) is 3.92. The highest BCUT2D eigenvalue weighted by atomic mass is 16.3. The first-order valence-electron chi connectivity index (χ1n) is 7.25. The Balaban J connectivity index is 1.91. The minimum atomic E-state index is -0.337. The Kier molecular flexibility index (Phi) is 3.73. The molecular weight excluding hydrogens is 294 g/mol. The zero-order valence-electron chi connectivity index (χ0n) is 13.2. The molecule has 6 heteroatoms. The first kappa shape index (κ1) is 15.0. The number of aromatic nitrogens is 2. The molecule has 3 aromatic rings. The molecule has 118 valence electrons. The maximum absolute atomic E-state index is 12.5. The summed E-state index contributed by atoms with van der Waals surface area (Å²) in [7, 11) is 1.67. The predicted octanol–water partition coefficient (Wildman–Crippen LogP) is 2.18. The SMILES string of the molecule is Cc1cc(=O)cc(C(=O)N(C)Cc2c(C)nc3ccccn23)o1. The zero-order valence-corrected chi connectivity index (χ0v) is 13.2. The van der Waals surface area contributed by atoms with Gasteiger partial charge in [-0.1, -0.05) is 6.07 Å². The quantitative estimate of drug-likeness (QED) is 0.743. The molecule has 0 bridgehead atoms. The van der Waals surface area contributed by atoms with Crippen molar-refractivity contribution in [2.45, 2.75) is 20.4 Å². The molecule has 1 amide bonds. The standard InChI is InChI=1S/C17H17N3O3/c1-11-8-13(21)9-15(23-11)17(22)19(3)10-14-12(2)18-16-6-4-5-7-20(14)16/h4-9H,10H2,1-3H3. The fourth-order valence-corrected chi connectivity index (χ4v) is 2.55. The van der Waals surface area contributed by atoms with E-state index in [4.69, 9.17) is 4.42 Å². The highest BCUT2D eigenvalue weighted by molar-refractivity contribution is 5.91. The number of nitrogens with zero attached hydrogens (tertiary/aromatic N) is 3. The number of pyridine rings is 1. The van der Waals surface area contributed by atoms with Crippen LogP contribution < -0.4 is 5.43 Å². The van der Waals surface area contributed by atoms with Gasteiger partial charge in [0.15, 0.2) is 11.2 Å². The van der Waals surface area contributed by atoms with Crippen molar-refractivity contribution in [3.63, 3.8) is 0 Å². The van der Waals surface area contributed by atoms with E-state index in [0.29, 0.717) is 12.3 Å². The van der Waals surface area contributed by atoms with Crippen molar-refractivity contribution in [2.24, 2.45) is 0 Å². The van der Waals surface area contributed by atoms with Crippen LogP contribution >= 0.6 is 0 Å². The third-order valence-corrected chi connectivity index (χ3v) is 3.66. The van der Waals surface area contributed by atoms with Crippen LogP contribution in [0, 0.1) is 13.8 Å². The molecule has 0 aromatic carbocycles. The van der Waals surface area contributed by atoms with E-state index in [-0.39, 0.29) is 17.1 Å². The Morgan fingerprint density at radius 3 is 2.83 bits per heavy atom. The van der Waals surface area contributed by atoms with Gasteiger partial charge in [-0.05, 0) is 26.0 Å². The minimum Gasteiger partial charge on any atom is -0.456 e. The van der Waals surface area contributed by atoms with Crippen molar-refractivity contribution in [1.29, 1.82) is 0 Å². The molecule has 23 heavy (non-hydrogen) atoms. The molecule has 3 rings (SSSR count). The van der Waals surface area contributed by atoms with E-state index in [1.165, 1.54) is 17.0 Å². The fraction of sp³-hybridized carbons (Fsp3) is 0.235. The van der Waals surface area contributed by atoms with Gasteiger partial charge in [0.25, 0.3) is 5.91 Å². The van der Waals surface area contributed by atoms with Crippen LogP contribution in [0.4, 0.5) is 0 Å². The third-order valence-electron chi connectivity index (χ3n) is 3.66. The molecule has 0 radical (unpaired) electrons. The lowest BCUT2D eigenvalue weighted by molar-refractivity contribution is 0.0746. The van der Waals surface area contributed by atoms with Crippen molar-refractivity contribution < 1.29 is 9.21 Å². The average molecular weight is 311 g/mol. The number of aryl methyl sites for hydroxylation is 2. The molecule has 6 nitrogen and oxygen atoms in total. The summed E-state index contributed by atoms with van der Waals surface area (Å²) in [4.78, 5) is 30.0. The Hall–Kier alpha value is -2.89. The molecule has 0 atom stereocenters. The van der Waals surface area contributed by atoms with Crippen LogP contribution in [-0.2, 0) is 6.54 Å². The van der Waals surface area contributed by atoms with E-state index in [9.17, 15) is 9.59 Å². The van der Waals surface area contributed by atoms with Gasteiger partial charge < -0.3 is 13.7 Å². The van der Waals surface area contributed by atoms with E-state index in [0.717, 1.165) is 17.0 Å². The van der Waals surface area contributed by atoms with Gasteiger partial charge in [-0.3, -0.25) is 9.59 Å². The van der Waals surface area contributed by atoms with Gasteiger partial charge in [0, 0.05) is 25.4 Å². The first-order chi connectivity index (χ1) is 11.0. The summed E-state index contributed by atoms with van der Waals surface area (Å²) in [5.41, 5.74) is 2.38. The molecule has 0 N–H and O–H groups in total. The summed E-state index contributed by atoms with van der Waals surface area (Å²) in [5, 5.41) is 0. The number of fused-ring (bicyclic) bond motifs is 1. The molecule has 0 fully saturated rings. The van der Waals surface area contributed by atoms with Gasteiger partial charge in [-0.25, -0.2) is 4.98 Å². The van der Waals surface area contributed by atoms with E-state index >= 15 is 0 Å². The Labute approximate surface area is 133 Å². The molecule has 3 aromatic heterocycles. The zero-order chi connectivity index (χ0) is 16.6. The second-order valence-electron chi connectivity index (χ2n) is 5.50. The topological polar surface area (TPSA) is 67.8 Å². The Morgan fingerprint density at radius 1 is 1.30 bits per heavy atom. The van der Waals surface area contributed by atoms with Gasteiger partial charge in [0.1, 0.15) is 11.4 Å². The molecule has 0 aliphatic carbocycles. The van der Waals surface area contributed by atoms with Gasteiger partial charge in [0.05, 0.1) is 17.9 Å². The van der Waals surface area contributed by atoms with Crippen LogP contribution in [0.1, 0.15) is 27.7 Å². The van der Waals surface area contributed by atoms with E-state index in [2.05, 4.69) is 4.98 Å². The van der Waals surface area contributed by atoms with E-state index in [1.54, 1.807) is 14.0 Å². The van der Waals surface area contributed by atoms with Crippen LogP contribution in [0.5, 0.6) is 0 Å². The van der Waals surface area contributed by atoms with Crippen LogP contribution in [0.15, 0.2) is 45.7 Å². The molecule has 0 saturated carbocycles. The number of imidazole rings is 1. The number of carbonyl (C=O) groups excluding carboxylic acids is 1. The second kappa shape index (κ2) is 5.72. The van der Waals surface area contributed by atoms with E-state index in [1.807, 2.05) is 35.7 Å². The van der Waals surface area contributed by atoms with Crippen molar-refractivity contribution in [3.05, 3.63) is 69.7 Å². The Morgan fingerprint density at radius 2 is 2.09 bits per heavy atom. The van der Waals surface area contributed by atoms with Gasteiger partial charge in [0.2, 0.25) is 0 Å². The van der Waals surface area contributed by atoms with Gasteiger partial charge >= 0.3 is 0 Å². The lowest BCUT2D eigenvalue weighted by atomic mass is 10.3. The second-order valence-corrected chi connectivity index (χ2v) is 5.50. The van der Waals surface area contributed by atoms with Crippen LogP contribution in [-0.4, -0.2) is 27.2 Å². The predicted molar refractivity (Wildman–Crippen MR) is 85.4 cm³/mol. The van der Waals surface area contributed by atoms with Crippen LogP contribution in [0.3, 0.4) is 0 Å². The maximum atomic E-state index is 12.5. The van der Waals surface area contributed by atoms with Crippen LogP contribution in [0.25, 0.3) is 5.65 Å². The maximum Gasteiger partial charge on any atom is 0.289 e. The summed E-state index contributed by atoms with van der Waals surface area (Å²) in [6.07, 6.45) is 1.91. The highest BCUT2D eigenvalue weighted by Crippen LogP contribution is 2.15. The molecule has 0 spiro atoms. The van der Waals surface area contributed by atoms with Gasteiger partial charge in [-0.2, -0.15) is 0 Å². The van der Waals surface area contributed by atoms with Crippen molar-refractivity contribution >= 4 is 11.6 Å². The number of rotatable bonds is 3. The summed E-state index contributed by atoms with van der Waals surface area (Å²) in [6, 6.07) is 8.32. The summed E-state index contributed by atoms with van der Waals surface area (Å²) >= 11 is 0. The first-order valence-corrected chi connectivity index (χ1v) is 7.25. The average Bonchev–Trinajstić information content (AvgIpc) is 2.81. The van der Waals surface area contributed by atoms with Crippen LogP contribution in [0.2, 0.25) is 0 Å². The highest BCUT2D eigenvalue weighted by Gasteiger charge is 2.18. The number of carbonyl (C=O) groups is 1. The molecule has 0 unspecified atom stereocenters. The lowest BCUT2D eigenvalue weighted by Crippen LogP contribution is -2.28. The summed E-state index contributed by atoms with van der Waals surface area (Å²) in [5.74, 6) is 0.125. The fourth-order valence-electron chi connectivity index (χ4n) is 2.55. The summed E-state index contributed by atoms with van der Waals surface area (Å²) < 4.78 is 7.31. The smallest absolute Gasteiger partial charge is 0.289 e. The number of amides is 1. The minimum absolute atomic E-state index is 0.0453. The molecule has 0 saturated heterocycles. The molecular formula is C17H17N3O3. The van der Waals surface area contributed by atoms with Crippen molar-refractivity contribution in [1.82, 2.24) is 14.3 Å². The number of hydrogen-bond donors (Lipinski definition) is 0. The number of hydrogen-bond acceptors (Lipinski definition) is 4. The Bertz CT molecular complexity index is 940. The van der Waals surface area contributed by atoms with Gasteiger partial charge in [-0.15, -0.1) is 0 Å². The largest absolute Gasteiger partial charge is 0.456 e. The third kappa shape index (κ3) is 2.88. The molecule has 0 aliphatic heterocycles. The van der Waals surface area contributed by atoms with Crippen molar-refractivity contribution in [3.8, 4) is 0 Å².